The summed E-state index contributed by atoms with van der Waals surface area (Å²) in [6, 6.07) is 6.33. The summed E-state index contributed by atoms with van der Waals surface area (Å²) in [4.78, 5) is 5.52. The average Bonchev–Trinajstić information content (AvgIpc) is 3.05. The minimum atomic E-state index is -3.20. The largest absolute Gasteiger partial charge is 0.493 e. The van der Waals surface area contributed by atoms with Crippen molar-refractivity contribution in [3.63, 3.8) is 0 Å². The van der Waals surface area contributed by atoms with Gasteiger partial charge in [0.05, 0.1) is 11.5 Å². The van der Waals surface area contributed by atoms with Crippen LogP contribution in [-0.2, 0) is 21.9 Å². The summed E-state index contributed by atoms with van der Waals surface area (Å²) in [7, 11) is -3.20. The van der Waals surface area contributed by atoms with Crippen LogP contribution in [0.25, 0.3) is 0 Å². The van der Waals surface area contributed by atoms with Crippen LogP contribution in [0.3, 0.4) is 0 Å². The van der Waals surface area contributed by atoms with Gasteiger partial charge in [-0.2, -0.15) is 0 Å². The smallest absolute Gasteiger partial charge is 0.175 e. The van der Waals surface area contributed by atoms with Gasteiger partial charge in [0.2, 0.25) is 0 Å². The van der Waals surface area contributed by atoms with Gasteiger partial charge in [-0.05, 0) is 37.4 Å². The van der Waals surface area contributed by atoms with E-state index in [4.69, 9.17) is 4.74 Å². The van der Waals surface area contributed by atoms with E-state index in [-0.39, 0.29) is 17.3 Å². The highest BCUT2D eigenvalue weighted by molar-refractivity contribution is 7.90. The number of halogens is 2. The van der Waals surface area contributed by atoms with Crippen molar-refractivity contribution in [3.8, 4) is 5.75 Å². The number of alkyl halides is 1. The van der Waals surface area contributed by atoms with Crippen molar-refractivity contribution in [2.24, 2.45) is 0 Å². The lowest BCUT2D eigenvalue weighted by Gasteiger charge is -2.27. The molecule has 0 atom stereocenters. The number of ether oxygens (including phenoxy) is 1. The Hall–Kier alpha value is -1.22. The Bertz CT molecular complexity index is 819. The normalized spacial score (nSPS) is 16.7. The van der Waals surface area contributed by atoms with Crippen molar-refractivity contribution in [1.82, 2.24) is 10.3 Å². The molecule has 0 aliphatic carbocycles. The fourth-order valence-corrected chi connectivity index (χ4v) is 4.38. The van der Waals surface area contributed by atoms with Gasteiger partial charge < -0.3 is 10.1 Å². The molecule has 5 nitrogen and oxygen atoms in total. The molecule has 1 saturated heterocycles. The molecule has 0 spiro atoms. The second-order valence-electron chi connectivity index (χ2n) is 6.19. The number of rotatable bonds is 6. The monoisotopic (exact) mass is 420 g/mol. The van der Waals surface area contributed by atoms with Gasteiger partial charge >= 0.3 is 0 Å². The van der Waals surface area contributed by atoms with Gasteiger partial charge in [-0.3, -0.25) is 0 Å². The van der Waals surface area contributed by atoms with Crippen molar-refractivity contribution in [1.29, 1.82) is 0 Å². The minimum Gasteiger partial charge on any atom is -0.493 e. The van der Waals surface area contributed by atoms with E-state index in [1.807, 2.05) is 0 Å². The first kappa shape index (κ1) is 21.1. The van der Waals surface area contributed by atoms with Gasteiger partial charge in [-0.1, -0.05) is 0 Å². The molecule has 0 bridgehead atoms. The highest BCUT2D eigenvalue weighted by Gasteiger charge is 2.36. The number of nitrogens with zero attached hydrogens (tertiary/aromatic N) is 1. The number of thiazole rings is 1. The molecular formula is C17H22ClFN2O3S2. The number of aromatic nitrogens is 1. The number of piperidine rings is 1. The van der Waals surface area contributed by atoms with Crippen molar-refractivity contribution in [2.45, 2.75) is 29.8 Å². The van der Waals surface area contributed by atoms with E-state index < -0.39 is 15.5 Å². The summed E-state index contributed by atoms with van der Waals surface area (Å²) in [6.45, 7) is 1.79. The molecule has 144 valence electrons. The Morgan fingerprint density at radius 3 is 2.54 bits per heavy atom. The maximum Gasteiger partial charge on any atom is 0.175 e. The Kier molecular flexibility index (Phi) is 7.01. The standard InChI is InChI=1S/C17H21FN2O3S2.ClH/c1-25(21,22)15-4-2-13(3-5-15)23-11-6-14-12-20-16(24-14)17(18)7-9-19-10-8-17;/h2-5,12,19H,6-11H2,1H3;1H. The summed E-state index contributed by atoms with van der Waals surface area (Å²) in [5.41, 5.74) is -1.31. The molecule has 1 fully saturated rings. The lowest BCUT2D eigenvalue weighted by atomic mass is 9.95. The van der Waals surface area contributed by atoms with Gasteiger partial charge in [0, 0.05) is 36.6 Å². The minimum absolute atomic E-state index is 0. The van der Waals surface area contributed by atoms with Crippen LogP contribution in [-0.4, -0.2) is 39.4 Å². The van der Waals surface area contributed by atoms with E-state index in [1.54, 1.807) is 18.3 Å². The predicted octanol–water partition coefficient (Wildman–Crippen LogP) is 3.14. The third kappa shape index (κ3) is 5.16. The Morgan fingerprint density at radius 2 is 1.92 bits per heavy atom. The van der Waals surface area contributed by atoms with Crippen molar-refractivity contribution >= 4 is 33.6 Å². The second-order valence-corrected chi connectivity index (χ2v) is 9.32. The van der Waals surface area contributed by atoms with Gasteiger partial charge in [0.25, 0.3) is 0 Å². The average molecular weight is 421 g/mol. The topological polar surface area (TPSA) is 68.3 Å². The third-order valence-electron chi connectivity index (χ3n) is 4.20. The molecule has 1 aliphatic heterocycles. The van der Waals surface area contributed by atoms with Crippen molar-refractivity contribution in [3.05, 3.63) is 40.3 Å². The number of benzene rings is 1. The summed E-state index contributed by atoms with van der Waals surface area (Å²) in [5, 5.41) is 3.72. The predicted molar refractivity (Wildman–Crippen MR) is 103 cm³/mol. The first-order chi connectivity index (χ1) is 11.9. The van der Waals surface area contributed by atoms with Crippen molar-refractivity contribution < 1.29 is 17.5 Å². The molecule has 0 radical (unpaired) electrons. The van der Waals surface area contributed by atoms with Gasteiger partial charge in [0.1, 0.15) is 10.8 Å². The number of hydrogen-bond acceptors (Lipinski definition) is 6. The molecule has 1 aliphatic rings. The summed E-state index contributed by atoms with van der Waals surface area (Å²) in [5.74, 6) is 0.609. The SMILES string of the molecule is CS(=O)(=O)c1ccc(OCCc2cnc(C3(F)CCNCC3)s2)cc1.Cl. The summed E-state index contributed by atoms with van der Waals surface area (Å²) in [6.07, 6.45) is 4.45. The second kappa shape index (κ2) is 8.65. The molecule has 0 unspecified atom stereocenters. The fourth-order valence-electron chi connectivity index (χ4n) is 2.72. The zero-order valence-electron chi connectivity index (χ0n) is 14.4. The van der Waals surface area contributed by atoms with E-state index in [9.17, 15) is 12.8 Å². The van der Waals surface area contributed by atoms with E-state index in [0.717, 1.165) is 4.88 Å². The molecule has 26 heavy (non-hydrogen) atoms. The number of hydrogen-bond donors (Lipinski definition) is 1. The molecule has 0 amide bonds. The zero-order valence-corrected chi connectivity index (χ0v) is 16.9. The number of sulfone groups is 1. The molecular weight excluding hydrogens is 399 g/mol. The van der Waals surface area contributed by atoms with Crippen LogP contribution in [0.4, 0.5) is 4.39 Å². The zero-order chi connectivity index (χ0) is 17.9. The van der Waals surface area contributed by atoms with E-state index in [2.05, 4.69) is 10.3 Å². The molecule has 0 saturated carbocycles. The van der Waals surface area contributed by atoms with Crippen LogP contribution in [0.2, 0.25) is 0 Å². The fraction of sp³-hybridized carbons (Fsp3) is 0.471. The maximum atomic E-state index is 14.9. The first-order valence-corrected chi connectivity index (χ1v) is 10.9. The van der Waals surface area contributed by atoms with Crippen LogP contribution in [0.5, 0.6) is 5.75 Å². The molecule has 1 aromatic carbocycles. The Balaban J connectivity index is 0.00000243. The van der Waals surface area contributed by atoms with Crippen LogP contribution in [0.15, 0.2) is 35.4 Å². The maximum absolute atomic E-state index is 14.9. The quantitative estimate of drug-likeness (QED) is 0.777. The van der Waals surface area contributed by atoms with E-state index in [0.29, 0.717) is 49.7 Å². The van der Waals surface area contributed by atoms with Gasteiger partial charge in [-0.15, -0.1) is 23.7 Å². The van der Waals surface area contributed by atoms with E-state index >= 15 is 0 Å². The first-order valence-electron chi connectivity index (χ1n) is 8.15. The van der Waals surface area contributed by atoms with Crippen LogP contribution >= 0.6 is 23.7 Å². The number of nitrogens with one attached hydrogen (secondary N) is 1. The Morgan fingerprint density at radius 1 is 1.27 bits per heavy atom. The summed E-state index contributed by atoms with van der Waals surface area (Å²) < 4.78 is 43.3. The lowest BCUT2D eigenvalue weighted by molar-refractivity contribution is 0.115. The van der Waals surface area contributed by atoms with Crippen LogP contribution < -0.4 is 10.1 Å². The van der Waals surface area contributed by atoms with Crippen LogP contribution in [0, 0.1) is 0 Å². The molecule has 2 heterocycles. The highest BCUT2D eigenvalue weighted by atomic mass is 35.5. The molecule has 1 N–H and O–H groups in total. The molecule has 1 aromatic heterocycles. The Labute approximate surface area is 163 Å². The molecule has 2 aromatic rings. The highest BCUT2D eigenvalue weighted by Crippen LogP contribution is 2.37. The molecule has 3 rings (SSSR count). The molecule has 9 heteroatoms. The lowest BCUT2D eigenvalue weighted by Crippen LogP contribution is -2.36. The third-order valence-corrected chi connectivity index (χ3v) is 6.57. The van der Waals surface area contributed by atoms with E-state index in [1.165, 1.54) is 29.7 Å². The van der Waals surface area contributed by atoms with Gasteiger partial charge in [0.15, 0.2) is 15.5 Å². The van der Waals surface area contributed by atoms with Crippen molar-refractivity contribution in [2.75, 3.05) is 26.0 Å². The van der Waals surface area contributed by atoms with Gasteiger partial charge in [-0.25, -0.2) is 17.8 Å². The van der Waals surface area contributed by atoms with Crippen LogP contribution in [0.1, 0.15) is 22.7 Å². The summed E-state index contributed by atoms with van der Waals surface area (Å²) >= 11 is 1.41.